The standard InChI is InChI=1S/C15H11FN2O3/c1-21-13-4-2-3-11(14(13)19)15(20)18-12-6-5-10(16)7-9(12)8-17/h2-7,19H,1H3,(H,18,20). The summed E-state index contributed by atoms with van der Waals surface area (Å²) < 4.78 is 18.0. The van der Waals surface area contributed by atoms with Crippen LogP contribution in [0.5, 0.6) is 11.5 Å². The maximum absolute atomic E-state index is 13.0. The van der Waals surface area contributed by atoms with Gasteiger partial charge in [0.1, 0.15) is 11.9 Å². The summed E-state index contributed by atoms with van der Waals surface area (Å²) >= 11 is 0. The van der Waals surface area contributed by atoms with Gasteiger partial charge in [-0.25, -0.2) is 4.39 Å². The predicted molar refractivity (Wildman–Crippen MR) is 73.7 cm³/mol. The average molecular weight is 286 g/mol. The highest BCUT2D eigenvalue weighted by atomic mass is 19.1. The zero-order chi connectivity index (χ0) is 15.4. The van der Waals surface area contributed by atoms with Gasteiger partial charge in [0.05, 0.1) is 23.9 Å². The Morgan fingerprint density at radius 1 is 1.38 bits per heavy atom. The van der Waals surface area contributed by atoms with Gasteiger partial charge in [0.25, 0.3) is 5.91 Å². The van der Waals surface area contributed by atoms with Crippen LogP contribution in [-0.2, 0) is 0 Å². The fraction of sp³-hybridized carbons (Fsp3) is 0.0667. The maximum atomic E-state index is 13.0. The summed E-state index contributed by atoms with van der Waals surface area (Å²) in [5.74, 6) is -1.36. The highest BCUT2D eigenvalue weighted by Gasteiger charge is 2.16. The molecule has 0 saturated carbocycles. The minimum atomic E-state index is -0.630. The molecule has 0 radical (unpaired) electrons. The number of phenolic OH excluding ortho intramolecular Hbond substituents is 1. The van der Waals surface area contributed by atoms with Gasteiger partial charge in [0, 0.05) is 0 Å². The SMILES string of the molecule is COc1cccc(C(=O)Nc2ccc(F)cc2C#N)c1O. The minimum Gasteiger partial charge on any atom is -0.504 e. The molecule has 2 aromatic carbocycles. The van der Waals surface area contributed by atoms with E-state index in [0.717, 1.165) is 12.1 Å². The van der Waals surface area contributed by atoms with Crippen molar-refractivity contribution in [3.05, 3.63) is 53.3 Å². The number of methoxy groups -OCH3 is 1. The summed E-state index contributed by atoms with van der Waals surface area (Å²) in [6, 6.07) is 9.67. The van der Waals surface area contributed by atoms with Crippen LogP contribution in [0, 0.1) is 17.1 Å². The van der Waals surface area contributed by atoms with E-state index in [0.29, 0.717) is 0 Å². The first-order valence-corrected chi connectivity index (χ1v) is 5.93. The first-order chi connectivity index (χ1) is 10.1. The summed E-state index contributed by atoms with van der Waals surface area (Å²) in [6.45, 7) is 0. The van der Waals surface area contributed by atoms with E-state index in [4.69, 9.17) is 10.00 Å². The van der Waals surface area contributed by atoms with Gasteiger partial charge in [-0.15, -0.1) is 0 Å². The smallest absolute Gasteiger partial charge is 0.259 e. The largest absolute Gasteiger partial charge is 0.504 e. The summed E-state index contributed by atoms with van der Waals surface area (Å²) in [4.78, 5) is 12.1. The molecule has 0 unspecified atom stereocenters. The lowest BCUT2D eigenvalue weighted by atomic mass is 10.1. The predicted octanol–water partition coefficient (Wildman–Crippen LogP) is 2.66. The third-order valence-electron chi connectivity index (χ3n) is 2.81. The van der Waals surface area contributed by atoms with Crippen LogP contribution in [0.1, 0.15) is 15.9 Å². The summed E-state index contributed by atoms with van der Waals surface area (Å²) in [5.41, 5.74) is 0.138. The minimum absolute atomic E-state index is 0.00858. The van der Waals surface area contributed by atoms with Crippen molar-refractivity contribution in [2.24, 2.45) is 0 Å². The Kier molecular flexibility index (Phi) is 4.05. The molecule has 0 aliphatic carbocycles. The second kappa shape index (κ2) is 5.92. The van der Waals surface area contributed by atoms with E-state index in [1.54, 1.807) is 12.1 Å². The van der Waals surface area contributed by atoms with Crippen molar-refractivity contribution in [3.63, 3.8) is 0 Å². The number of amides is 1. The van der Waals surface area contributed by atoms with E-state index in [9.17, 15) is 14.3 Å². The topological polar surface area (TPSA) is 82.3 Å². The van der Waals surface area contributed by atoms with Crippen molar-refractivity contribution in [1.82, 2.24) is 0 Å². The van der Waals surface area contributed by atoms with Crippen molar-refractivity contribution in [1.29, 1.82) is 5.26 Å². The normalized spacial score (nSPS) is 9.76. The van der Waals surface area contributed by atoms with Gasteiger partial charge in [-0.05, 0) is 30.3 Å². The summed E-state index contributed by atoms with van der Waals surface area (Å²) in [6.07, 6.45) is 0. The number of hydrogen-bond acceptors (Lipinski definition) is 4. The number of carbonyl (C=O) groups is 1. The third-order valence-corrected chi connectivity index (χ3v) is 2.81. The molecule has 0 aliphatic rings. The molecule has 2 rings (SSSR count). The number of carbonyl (C=O) groups excluding carboxylic acids is 1. The molecule has 0 bridgehead atoms. The van der Waals surface area contributed by atoms with Crippen LogP contribution in [0.3, 0.4) is 0 Å². The van der Waals surface area contributed by atoms with E-state index in [-0.39, 0.29) is 28.3 Å². The van der Waals surface area contributed by atoms with Crippen molar-refractivity contribution < 1.29 is 19.0 Å². The van der Waals surface area contributed by atoms with Crippen molar-refractivity contribution in [2.75, 3.05) is 12.4 Å². The average Bonchev–Trinajstić information content (AvgIpc) is 2.49. The van der Waals surface area contributed by atoms with Gasteiger partial charge in [-0.1, -0.05) is 6.07 Å². The number of anilines is 1. The summed E-state index contributed by atoms with van der Waals surface area (Å²) in [7, 11) is 1.37. The first kappa shape index (κ1) is 14.3. The highest BCUT2D eigenvalue weighted by molar-refractivity contribution is 6.07. The molecule has 0 fully saturated rings. The number of aromatic hydroxyl groups is 1. The third kappa shape index (κ3) is 2.92. The summed E-state index contributed by atoms with van der Waals surface area (Å²) in [5, 5.41) is 21.3. The van der Waals surface area contributed by atoms with E-state index in [2.05, 4.69) is 5.32 Å². The Balaban J connectivity index is 2.33. The van der Waals surface area contributed by atoms with Gasteiger partial charge in [0.15, 0.2) is 11.5 Å². The Morgan fingerprint density at radius 3 is 2.81 bits per heavy atom. The van der Waals surface area contributed by atoms with Crippen LogP contribution in [0.25, 0.3) is 0 Å². The fourth-order valence-corrected chi connectivity index (χ4v) is 1.78. The molecule has 0 atom stereocenters. The quantitative estimate of drug-likeness (QED) is 0.908. The first-order valence-electron chi connectivity index (χ1n) is 5.93. The Hall–Kier alpha value is -3.07. The van der Waals surface area contributed by atoms with Crippen LogP contribution >= 0.6 is 0 Å². The van der Waals surface area contributed by atoms with Gasteiger partial charge >= 0.3 is 0 Å². The molecule has 106 valence electrons. The number of nitrogens with one attached hydrogen (secondary N) is 1. The van der Waals surface area contributed by atoms with E-state index in [1.165, 1.54) is 25.3 Å². The van der Waals surface area contributed by atoms with Crippen LogP contribution in [0.15, 0.2) is 36.4 Å². The molecule has 0 heterocycles. The molecular formula is C15H11FN2O3. The van der Waals surface area contributed by atoms with Crippen LogP contribution in [0.4, 0.5) is 10.1 Å². The maximum Gasteiger partial charge on any atom is 0.259 e. The molecule has 2 aromatic rings. The number of phenols is 1. The lowest BCUT2D eigenvalue weighted by Gasteiger charge is -2.10. The highest BCUT2D eigenvalue weighted by Crippen LogP contribution is 2.30. The Bertz CT molecular complexity index is 738. The van der Waals surface area contributed by atoms with E-state index >= 15 is 0 Å². The lowest BCUT2D eigenvalue weighted by Crippen LogP contribution is -2.13. The molecule has 0 aliphatic heterocycles. The van der Waals surface area contributed by atoms with Crippen LogP contribution in [0.2, 0.25) is 0 Å². The second-order valence-corrected chi connectivity index (χ2v) is 4.11. The molecule has 0 saturated heterocycles. The zero-order valence-electron chi connectivity index (χ0n) is 11.1. The number of benzene rings is 2. The van der Waals surface area contributed by atoms with Gasteiger partial charge in [-0.3, -0.25) is 4.79 Å². The molecule has 2 N–H and O–H groups in total. The Morgan fingerprint density at radius 2 is 2.14 bits per heavy atom. The number of rotatable bonds is 3. The molecule has 6 heteroatoms. The number of nitriles is 1. The molecule has 1 amide bonds. The molecule has 5 nitrogen and oxygen atoms in total. The molecule has 21 heavy (non-hydrogen) atoms. The number of ether oxygens (including phenoxy) is 1. The molecule has 0 aromatic heterocycles. The number of halogens is 1. The lowest BCUT2D eigenvalue weighted by molar-refractivity contribution is 0.102. The fourth-order valence-electron chi connectivity index (χ4n) is 1.78. The second-order valence-electron chi connectivity index (χ2n) is 4.11. The number of nitrogens with zero attached hydrogens (tertiary/aromatic N) is 1. The molecular weight excluding hydrogens is 275 g/mol. The number of hydrogen-bond donors (Lipinski definition) is 2. The molecule has 0 spiro atoms. The van der Waals surface area contributed by atoms with E-state index < -0.39 is 11.7 Å². The van der Waals surface area contributed by atoms with Crippen LogP contribution < -0.4 is 10.1 Å². The zero-order valence-corrected chi connectivity index (χ0v) is 11.1. The number of para-hydroxylation sites is 1. The van der Waals surface area contributed by atoms with Gasteiger partial charge in [-0.2, -0.15) is 5.26 Å². The van der Waals surface area contributed by atoms with Gasteiger partial charge in [0.2, 0.25) is 0 Å². The van der Waals surface area contributed by atoms with Crippen LogP contribution in [-0.4, -0.2) is 18.1 Å². The monoisotopic (exact) mass is 286 g/mol. The van der Waals surface area contributed by atoms with Crippen molar-refractivity contribution >= 4 is 11.6 Å². The van der Waals surface area contributed by atoms with E-state index in [1.807, 2.05) is 0 Å². The van der Waals surface area contributed by atoms with Crippen molar-refractivity contribution in [2.45, 2.75) is 0 Å². The van der Waals surface area contributed by atoms with Gasteiger partial charge < -0.3 is 15.2 Å². The Labute approximate surface area is 120 Å². The van der Waals surface area contributed by atoms with Crippen molar-refractivity contribution in [3.8, 4) is 17.6 Å².